The topological polar surface area (TPSA) is 64.0 Å². The fourth-order valence-corrected chi connectivity index (χ4v) is 2.42. The van der Waals surface area contributed by atoms with Gasteiger partial charge < -0.3 is 5.32 Å². The molecule has 5 nitrogen and oxygen atoms in total. The predicted octanol–water partition coefficient (Wildman–Crippen LogP) is 3.20. The van der Waals surface area contributed by atoms with Crippen molar-refractivity contribution in [1.82, 2.24) is 9.78 Å². The summed E-state index contributed by atoms with van der Waals surface area (Å²) in [4.78, 5) is 24.1. The molecule has 6 heteroatoms. The zero-order chi connectivity index (χ0) is 16.9. The summed E-state index contributed by atoms with van der Waals surface area (Å²) in [6, 6.07) is 19.3. The van der Waals surface area contributed by atoms with Crippen LogP contribution in [0, 0.1) is 0 Å². The molecular formula is C18H14ClN3O2. The van der Waals surface area contributed by atoms with Crippen molar-refractivity contribution in [3.63, 3.8) is 0 Å². The van der Waals surface area contributed by atoms with Gasteiger partial charge in [-0.1, -0.05) is 48.0 Å². The van der Waals surface area contributed by atoms with Gasteiger partial charge in [0.1, 0.15) is 6.54 Å². The molecule has 1 N–H and O–H groups in total. The van der Waals surface area contributed by atoms with E-state index >= 15 is 0 Å². The van der Waals surface area contributed by atoms with Crippen LogP contribution in [0.5, 0.6) is 0 Å². The fourth-order valence-electron chi connectivity index (χ4n) is 2.23. The lowest BCUT2D eigenvalue weighted by atomic mass is 10.1. The Morgan fingerprint density at radius 3 is 2.58 bits per heavy atom. The maximum absolute atomic E-state index is 12.1. The molecule has 2 aromatic carbocycles. The van der Waals surface area contributed by atoms with Crippen LogP contribution in [0.2, 0.25) is 5.02 Å². The first-order valence-corrected chi connectivity index (χ1v) is 7.68. The highest BCUT2D eigenvalue weighted by atomic mass is 35.5. The molecular weight excluding hydrogens is 326 g/mol. The summed E-state index contributed by atoms with van der Waals surface area (Å²) in [5.74, 6) is -0.350. The number of rotatable bonds is 4. The second-order valence-corrected chi connectivity index (χ2v) is 5.58. The van der Waals surface area contributed by atoms with Gasteiger partial charge in [-0.15, -0.1) is 0 Å². The van der Waals surface area contributed by atoms with E-state index in [0.29, 0.717) is 16.4 Å². The molecule has 0 spiro atoms. The van der Waals surface area contributed by atoms with E-state index in [1.165, 1.54) is 6.07 Å². The highest BCUT2D eigenvalue weighted by molar-refractivity contribution is 6.30. The van der Waals surface area contributed by atoms with Gasteiger partial charge in [0.25, 0.3) is 5.56 Å². The summed E-state index contributed by atoms with van der Waals surface area (Å²) in [6.07, 6.45) is 0. The molecule has 0 saturated carbocycles. The third-order valence-corrected chi connectivity index (χ3v) is 3.57. The van der Waals surface area contributed by atoms with Crippen LogP contribution in [-0.2, 0) is 11.3 Å². The van der Waals surface area contributed by atoms with Crippen LogP contribution in [-0.4, -0.2) is 15.7 Å². The highest BCUT2D eigenvalue weighted by Gasteiger charge is 2.08. The lowest BCUT2D eigenvalue weighted by molar-refractivity contribution is -0.117. The van der Waals surface area contributed by atoms with Gasteiger partial charge in [-0.05, 0) is 24.3 Å². The van der Waals surface area contributed by atoms with Crippen molar-refractivity contribution < 1.29 is 4.79 Å². The number of carbonyl (C=O) groups is 1. The first-order chi connectivity index (χ1) is 11.6. The van der Waals surface area contributed by atoms with Crippen LogP contribution in [0.4, 0.5) is 5.69 Å². The van der Waals surface area contributed by atoms with E-state index in [1.54, 1.807) is 30.3 Å². The molecule has 0 aliphatic rings. The van der Waals surface area contributed by atoms with Gasteiger partial charge in [0.15, 0.2) is 0 Å². The zero-order valence-corrected chi connectivity index (χ0v) is 13.4. The maximum Gasteiger partial charge on any atom is 0.267 e. The monoisotopic (exact) mass is 339 g/mol. The van der Waals surface area contributed by atoms with Crippen LogP contribution in [0.15, 0.2) is 71.5 Å². The van der Waals surface area contributed by atoms with Crippen molar-refractivity contribution >= 4 is 23.2 Å². The summed E-state index contributed by atoms with van der Waals surface area (Å²) in [7, 11) is 0. The third kappa shape index (κ3) is 3.88. The molecule has 0 saturated heterocycles. The molecule has 3 rings (SSSR count). The molecule has 0 fully saturated rings. The van der Waals surface area contributed by atoms with Crippen LogP contribution in [0.3, 0.4) is 0 Å². The number of halogens is 1. The van der Waals surface area contributed by atoms with Gasteiger partial charge in [0.2, 0.25) is 5.91 Å². The minimum absolute atomic E-state index is 0.175. The Bertz CT molecular complexity index is 923. The van der Waals surface area contributed by atoms with E-state index in [-0.39, 0.29) is 18.0 Å². The highest BCUT2D eigenvalue weighted by Crippen LogP contribution is 2.15. The van der Waals surface area contributed by atoms with Crippen LogP contribution >= 0.6 is 11.6 Å². The third-order valence-electron chi connectivity index (χ3n) is 3.34. The molecule has 1 heterocycles. The average molecular weight is 340 g/mol. The van der Waals surface area contributed by atoms with Gasteiger partial charge in [-0.3, -0.25) is 9.59 Å². The fraction of sp³-hybridized carbons (Fsp3) is 0.0556. The molecule has 1 aromatic heterocycles. The largest absolute Gasteiger partial charge is 0.324 e. The van der Waals surface area contributed by atoms with E-state index in [0.717, 1.165) is 10.2 Å². The molecule has 0 atom stereocenters. The number of aromatic nitrogens is 2. The number of amides is 1. The van der Waals surface area contributed by atoms with E-state index in [9.17, 15) is 9.59 Å². The molecule has 3 aromatic rings. The number of anilines is 1. The Balaban J connectivity index is 1.79. The lowest BCUT2D eigenvalue weighted by Gasteiger charge is -2.08. The van der Waals surface area contributed by atoms with Crippen molar-refractivity contribution in [2.24, 2.45) is 0 Å². The number of carbonyl (C=O) groups excluding carboxylic acids is 1. The average Bonchev–Trinajstić information content (AvgIpc) is 2.57. The maximum atomic E-state index is 12.1. The molecule has 0 bridgehead atoms. The SMILES string of the molecule is O=C(Cn1nc(-c2ccccc2)ccc1=O)Nc1cccc(Cl)c1. The second kappa shape index (κ2) is 7.10. The molecule has 0 radical (unpaired) electrons. The van der Waals surface area contributed by atoms with Crippen LogP contribution in [0.1, 0.15) is 0 Å². The van der Waals surface area contributed by atoms with Crippen molar-refractivity contribution in [3.05, 3.63) is 82.1 Å². The van der Waals surface area contributed by atoms with Crippen LogP contribution in [0.25, 0.3) is 11.3 Å². The smallest absolute Gasteiger partial charge is 0.267 e. The molecule has 0 unspecified atom stereocenters. The molecule has 0 aliphatic heterocycles. The summed E-state index contributed by atoms with van der Waals surface area (Å²) in [5.41, 5.74) is 1.74. The van der Waals surface area contributed by atoms with Gasteiger partial charge in [-0.2, -0.15) is 5.10 Å². The first-order valence-electron chi connectivity index (χ1n) is 7.31. The lowest BCUT2D eigenvalue weighted by Crippen LogP contribution is -2.29. The number of benzene rings is 2. The number of hydrogen-bond acceptors (Lipinski definition) is 3. The quantitative estimate of drug-likeness (QED) is 0.794. The summed E-state index contributed by atoms with van der Waals surface area (Å²) >= 11 is 5.88. The summed E-state index contributed by atoms with van der Waals surface area (Å²) in [5, 5.41) is 7.48. The Labute approximate surface area is 143 Å². The second-order valence-electron chi connectivity index (χ2n) is 5.14. The van der Waals surface area contributed by atoms with Crippen molar-refractivity contribution in [1.29, 1.82) is 0 Å². The van der Waals surface area contributed by atoms with E-state index < -0.39 is 0 Å². The normalized spacial score (nSPS) is 10.4. The summed E-state index contributed by atoms with van der Waals surface area (Å²) < 4.78 is 1.14. The Morgan fingerprint density at radius 1 is 1.04 bits per heavy atom. The van der Waals surface area contributed by atoms with Gasteiger partial charge in [0.05, 0.1) is 5.69 Å². The Morgan fingerprint density at radius 2 is 1.83 bits per heavy atom. The standard InChI is InChI=1S/C18H14ClN3O2/c19-14-7-4-8-15(11-14)20-17(23)12-22-18(24)10-9-16(21-22)13-5-2-1-3-6-13/h1-11H,12H2,(H,20,23). The molecule has 0 aliphatic carbocycles. The first kappa shape index (κ1) is 16.0. The van der Waals surface area contributed by atoms with E-state index in [4.69, 9.17) is 11.6 Å². The Kier molecular flexibility index (Phi) is 4.72. The van der Waals surface area contributed by atoms with Crippen molar-refractivity contribution in [3.8, 4) is 11.3 Å². The Hall–Kier alpha value is -2.92. The summed E-state index contributed by atoms with van der Waals surface area (Å²) in [6.45, 7) is -0.175. The van der Waals surface area contributed by atoms with E-state index in [1.807, 2.05) is 30.3 Å². The molecule has 1 amide bonds. The van der Waals surface area contributed by atoms with Gasteiger partial charge >= 0.3 is 0 Å². The van der Waals surface area contributed by atoms with E-state index in [2.05, 4.69) is 10.4 Å². The van der Waals surface area contributed by atoms with Crippen LogP contribution < -0.4 is 10.9 Å². The zero-order valence-electron chi connectivity index (χ0n) is 12.6. The predicted molar refractivity (Wildman–Crippen MR) is 94.0 cm³/mol. The van der Waals surface area contributed by atoms with Gasteiger partial charge in [0, 0.05) is 22.3 Å². The van der Waals surface area contributed by atoms with Gasteiger partial charge in [-0.25, -0.2) is 4.68 Å². The number of nitrogens with zero attached hydrogens (tertiary/aromatic N) is 2. The molecule has 120 valence electrons. The van der Waals surface area contributed by atoms with Crippen molar-refractivity contribution in [2.45, 2.75) is 6.54 Å². The number of hydrogen-bond donors (Lipinski definition) is 1. The minimum Gasteiger partial charge on any atom is -0.324 e. The molecule has 24 heavy (non-hydrogen) atoms. The van der Waals surface area contributed by atoms with Crippen molar-refractivity contribution in [2.75, 3.05) is 5.32 Å². The minimum atomic E-state index is -0.350. The number of nitrogens with one attached hydrogen (secondary N) is 1.